The van der Waals surface area contributed by atoms with Crippen LogP contribution in [0.2, 0.25) is 0 Å². The molecule has 1 saturated carbocycles. The molecule has 0 aromatic heterocycles. The Labute approximate surface area is 164 Å². The largest absolute Gasteiger partial charge is 0.299 e. The normalized spacial score (nSPS) is 30.7. The third kappa shape index (κ3) is 7.15. The van der Waals surface area contributed by atoms with Crippen LogP contribution in [0.25, 0.3) is 0 Å². The second kappa shape index (κ2) is 12.4. The molecule has 0 amide bonds. The first-order valence-corrected chi connectivity index (χ1v) is 12.4. The van der Waals surface area contributed by atoms with Gasteiger partial charge in [-0.1, -0.05) is 77.0 Å². The van der Waals surface area contributed by atoms with Crippen LogP contribution in [0.5, 0.6) is 0 Å². The predicted octanol–water partition coefficient (Wildman–Crippen LogP) is 6.39. The average Bonchev–Trinajstić information content (AvgIpc) is 2.83. The lowest BCUT2D eigenvalue weighted by Crippen LogP contribution is -2.48. The number of hydrogen-bond acceptors (Lipinski definition) is 2. The third-order valence-corrected chi connectivity index (χ3v) is 7.43. The second-order valence-electron chi connectivity index (χ2n) is 9.51. The van der Waals surface area contributed by atoms with Crippen LogP contribution >= 0.6 is 0 Å². The zero-order chi connectivity index (χ0) is 17.9. The summed E-state index contributed by atoms with van der Waals surface area (Å²) in [6, 6.07) is 1.74. The molecule has 1 atom stereocenters. The molecule has 2 nitrogen and oxygen atoms in total. The molecular weight excluding hydrogens is 316 g/mol. The lowest BCUT2D eigenvalue weighted by Gasteiger charge is -2.39. The van der Waals surface area contributed by atoms with Gasteiger partial charge >= 0.3 is 0 Å². The van der Waals surface area contributed by atoms with Crippen molar-refractivity contribution < 1.29 is 0 Å². The molecule has 0 spiro atoms. The molecular formula is C24H46N2. The van der Waals surface area contributed by atoms with E-state index in [9.17, 15) is 0 Å². The summed E-state index contributed by atoms with van der Waals surface area (Å²) in [6.07, 6.45) is 26.5. The van der Waals surface area contributed by atoms with Crippen molar-refractivity contribution >= 4 is 0 Å². The topological polar surface area (TPSA) is 6.48 Å². The Morgan fingerprint density at radius 1 is 0.346 bits per heavy atom. The monoisotopic (exact) mass is 362 g/mol. The van der Waals surface area contributed by atoms with E-state index in [1.807, 2.05) is 0 Å². The highest BCUT2D eigenvalue weighted by atomic mass is 15.2. The van der Waals surface area contributed by atoms with E-state index < -0.39 is 0 Å². The molecule has 0 N–H and O–H groups in total. The molecule has 0 aromatic rings. The molecule has 152 valence electrons. The van der Waals surface area contributed by atoms with Crippen LogP contribution in [0, 0.1) is 0 Å². The van der Waals surface area contributed by atoms with Crippen molar-refractivity contribution in [2.75, 3.05) is 26.2 Å². The molecule has 2 saturated heterocycles. The van der Waals surface area contributed by atoms with Gasteiger partial charge < -0.3 is 0 Å². The first-order chi connectivity index (χ1) is 12.9. The Balaban J connectivity index is 1.63. The Morgan fingerprint density at radius 3 is 1.27 bits per heavy atom. The summed E-state index contributed by atoms with van der Waals surface area (Å²) in [5, 5.41) is 0. The molecule has 2 heterocycles. The van der Waals surface area contributed by atoms with E-state index in [1.54, 1.807) is 0 Å². The Kier molecular flexibility index (Phi) is 9.84. The maximum absolute atomic E-state index is 2.99. The van der Waals surface area contributed by atoms with Crippen molar-refractivity contribution in [3.8, 4) is 0 Å². The summed E-state index contributed by atoms with van der Waals surface area (Å²) in [6.45, 7) is 5.52. The number of hydrogen-bond donors (Lipinski definition) is 0. The summed E-state index contributed by atoms with van der Waals surface area (Å²) in [4.78, 5) is 5.91. The van der Waals surface area contributed by atoms with Crippen molar-refractivity contribution in [1.29, 1.82) is 0 Å². The van der Waals surface area contributed by atoms with Crippen molar-refractivity contribution in [2.24, 2.45) is 0 Å². The van der Waals surface area contributed by atoms with Gasteiger partial charge in [-0.15, -0.1) is 0 Å². The van der Waals surface area contributed by atoms with Crippen LogP contribution in [0.15, 0.2) is 0 Å². The number of rotatable bonds is 2. The highest BCUT2D eigenvalue weighted by molar-refractivity contribution is 4.83. The zero-order valence-electron chi connectivity index (χ0n) is 17.6. The lowest BCUT2D eigenvalue weighted by molar-refractivity contribution is 0.0918. The maximum Gasteiger partial charge on any atom is 0.0223 e. The zero-order valence-corrected chi connectivity index (χ0v) is 17.6. The van der Waals surface area contributed by atoms with Crippen LogP contribution < -0.4 is 0 Å². The van der Waals surface area contributed by atoms with Gasteiger partial charge in [0.15, 0.2) is 0 Å². The number of nitrogens with zero attached hydrogens (tertiary/aromatic N) is 2. The van der Waals surface area contributed by atoms with Gasteiger partial charge in [-0.3, -0.25) is 9.80 Å². The summed E-state index contributed by atoms with van der Waals surface area (Å²) in [5.41, 5.74) is 0. The highest BCUT2D eigenvalue weighted by Crippen LogP contribution is 2.25. The average molecular weight is 363 g/mol. The van der Waals surface area contributed by atoms with Gasteiger partial charge in [-0.2, -0.15) is 0 Å². The quantitative estimate of drug-likeness (QED) is 0.561. The van der Waals surface area contributed by atoms with Crippen molar-refractivity contribution in [1.82, 2.24) is 9.80 Å². The van der Waals surface area contributed by atoms with Crippen LogP contribution in [0.3, 0.4) is 0 Å². The lowest BCUT2D eigenvalue weighted by atomic mass is 10.00. The Bertz CT molecular complexity index is 338. The van der Waals surface area contributed by atoms with Crippen molar-refractivity contribution in [3.05, 3.63) is 0 Å². The number of likely N-dealkylation sites (tertiary alicyclic amines) is 1. The molecule has 3 fully saturated rings. The van der Waals surface area contributed by atoms with E-state index in [0.717, 1.165) is 12.1 Å². The van der Waals surface area contributed by atoms with E-state index in [4.69, 9.17) is 0 Å². The maximum atomic E-state index is 2.99. The van der Waals surface area contributed by atoms with E-state index in [1.165, 1.54) is 142 Å². The fourth-order valence-electron chi connectivity index (χ4n) is 5.74. The summed E-state index contributed by atoms with van der Waals surface area (Å²) in [5.74, 6) is 0. The van der Waals surface area contributed by atoms with Crippen molar-refractivity contribution in [2.45, 2.75) is 128 Å². The second-order valence-corrected chi connectivity index (χ2v) is 9.51. The minimum atomic E-state index is 0.846. The Morgan fingerprint density at radius 2 is 0.731 bits per heavy atom. The van der Waals surface area contributed by atoms with Crippen LogP contribution in [0.4, 0.5) is 0 Å². The summed E-state index contributed by atoms with van der Waals surface area (Å²) in [7, 11) is 0. The molecule has 0 bridgehead atoms. The minimum absolute atomic E-state index is 0.846. The Hall–Kier alpha value is -0.0800. The van der Waals surface area contributed by atoms with E-state index in [0.29, 0.717) is 0 Å². The van der Waals surface area contributed by atoms with E-state index >= 15 is 0 Å². The van der Waals surface area contributed by atoms with Gasteiger partial charge in [-0.25, -0.2) is 0 Å². The first-order valence-electron chi connectivity index (χ1n) is 12.4. The van der Waals surface area contributed by atoms with Gasteiger partial charge in [0.1, 0.15) is 0 Å². The molecule has 2 aliphatic heterocycles. The van der Waals surface area contributed by atoms with Gasteiger partial charge in [0.05, 0.1) is 0 Å². The molecule has 2 heteroatoms. The van der Waals surface area contributed by atoms with Crippen LogP contribution in [0.1, 0.15) is 116 Å². The van der Waals surface area contributed by atoms with Gasteiger partial charge in [0.2, 0.25) is 0 Å². The van der Waals surface area contributed by atoms with E-state index in [-0.39, 0.29) is 0 Å². The molecule has 1 unspecified atom stereocenters. The molecule has 26 heavy (non-hydrogen) atoms. The standard InChI is InChI=1S/C24H46N2/c1-2-5-11-17-23(16-10-4-1)26-21-15-9-6-12-18-24(22-26)25-19-13-7-3-8-14-20-25/h23-24H,1-22H2. The molecule has 0 radical (unpaired) electrons. The highest BCUT2D eigenvalue weighted by Gasteiger charge is 2.26. The molecule has 3 rings (SSSR count). The predicted molar refractivity (Wildman–Crippen MR) is 114 cm³/mol. The fraction of sp³-hybridized carbons (Fsp3) is 1.00. The molecule has 1 aliphatic carbocycles. The minimum Gasteiger partial charge on any atom is -0.299 e. The van der Waals surface area contributed by atoms with Gasteiger partial charge in [0, 0.05) is 18.6 Å². The summed E-state index contributed by atoms with van der Waals surface area (Å²) >= 11 is 0. The molecule has 0 aromatic carbocycles. The smallest absolute Gasteiger partial charge is 0.0223 e. The first kappa shape index (κ1) is 20.6. The van der Waals surface area contributed by atoms with Crippen LogP contribution in [-0.2, 0) is 0 Å². The van der Waals surface area contributed by atoms with Crippen molar-refractivity contribution in [3.63, 3.8) is 0 Å². The van der Waals surface area contributed by atoms with Crippen LogP contribution in [-0.4, -0.2) is 48.1 Å². The third-order valence-electron chi connectivity index (χ3n) is 7.43. The SMILES string of the molecule is C1CCCCC(N2CCCCCCC(N3CCCCCCC3)C2)CCC1. The summed E-state index contributed by atoms with van der Waals surface area (Å²) < 4.78 is 0. The van der Waals surface area contributed by atoms with Gasteiger partial charge in [-0.05, 0) is 58.2 Å². The van der Waals surface area contributed by atoms with Gasteiger partial charge in [0.25, 0.3) is 0 Å². The fourth-order valence-corrected chi connectivity index (χ4v) is 5.74. The molecule has 3 aliphatic rings. The van der Waals surface area contributed by atoms with E-state index in [2.05, 4.69) is 9.80 Å².